The molecule has 28 heavy (non-hydrogen) atoms. The summed E-state index contributed by atoms with van der Waals surface area (Å²) in [6, 6.07) is 9.43. The van der Waals surface area contributed by atoms with Crippen LogP contribution in [0.15, 0.2) is 30.3 Å². The molecule has 3 rings (SSSR count). The van der Waals surface area contributed by atoms with E-state index in [1.807, 2.05) is 30.3 Å². The zero-order valence-corrected chi connectivity index (χ0v) is 17.0. The number of nitrogens with one attached hydrogen (secondary N) is 1. The number of anilines is 1. The third kappa shape index (κ3) is 5.52. The van der Waals surface area contributed by atoms with Crippen LogP contribution in [0.3, 0.4) is 0 Å². The molecule has 154 valence electrons. The Bertz CT molecular complexity index is 783. The molecule has 2 aliphatic heterocycles. The second-order valence-electron chi connectivity index (χ2n) is 7.45. The molecule has 0 bridgehead atoms. The predicted octanol–water partition coefficient (Wildman–Crippen LogP) is 0.441. The van der Waals surface area contributed by atoms with Crippen molar-refractivity contribution in [3.05, 3.63) is 30.3 Å². The molecular weight excluding hydrogens is 380 g/mol. The van der Waals surface area contributed by atoms with Crippen molar-refractivity contribution >= 4 is 27.5 Å². The fraction of sp³-hybridized carbons (Fsp3) is 0.579. The van der Waals surface area contributed by atoms with Crippen molar-refractivity contribution in [3.8, 4) is 0 Å². The Balaban J connectivity index is 1.41. The van der Waals surface area contributed by atoms with E-state index in [0.29, 0.717) is 45.8 Å². The minimum Gasteiger partial charge on any atom is -0.339 e. The first-order chi connectivity index (χ1) is 13.3. The Morgan fingerprint density at radius 3 is 2.18 bits per heavy atom. The van der Waals surface area contributed by atoms with E-state index in [1.165, 1.54) is 10.6 Å². The van der Waals surface area contributed by atoms with E-state index in [-0.39, 0.29) is 17.7 Å². The zero-order valence-electron chi connectivity index (χ0n) is 16.2. The Labute approximate surface area is 166 Å². The van der Waals surface area contributed by atoms with Gasteiger partial charge in [0.05, 0.1) is 12.8 Å². The fourth-order valence-electron chi connectivity index (χ4n) is 3.68. The average Bonchev–Trinajstić information content (AvgIpc) is 2.68. The minimum absolute atomic E-state index is 0.0281. The van der Waals surface area contributed by atoms with Gasteiger partial charge in [0.1, 0.15) is 0 Å². The number of nitrogens with zero attached hydrogens (tertiary/aromatic N) is 3. The van der Waals surface area contributed by atoms with Gasteiger partial charge >= 0.3 is 0 Å². The van der Waals surface area contributed by atoms with Gasteiger partial charge in [-0.25, -0.2) is 8.42 Å². The molecule has 8 nitrogen and oxygen atoms in total. The Hall–Kier alpha value is -1.97. The quantitative estimate of drug-likeness (QED) is 0.764. The lowest BCUT2D eigenvalue weighted by atomic mass is 9.95. The molecule has 0 atom stereocenters. The average molecular weight is 409 g/mol. The standard InChI is InChI=1S/C19H28N4O4S/c1-28(26,27)23-13-11-22(12-14-23)18(24)15-21-9-7-16(8-10-21)19(25)20-17-5-3-2-4-6-17/h2-6,16H,7-15H2,1H3,(H,20,25). The zero-order chi connectivity index (χ0) is 20.1. The monoisotopic (exact) mass is 408 g/mol. The molecule has 1 aromatic carbocycles. The molecule has 2 saturated heterocycles. The predicted molar refractivity (Wildman–Crippen MR) is 107 cm³/mol. The molecule has 2 aliphatic rings. The molecule has 0 radical (unpaired) electrons. The summed E-state index contributed by atoms with van der Waals surface area (Å²) in [5, 5.41) is 2.95. The summed E-state index contributed by atoms with van der Waals surface area (Å²) in [6.45, 7) is 3.32. The van der Waals surface area contributed by atoms with E-state index < -0.39 is 10.0 Å². The lowest BCUT2D eigenvalue weighted by Crippen LogP contribution is -2.53. The summed E-state index contributed by atoms with van der Waals surface area (Å²) in [6.07, 6.45) is 2.66. The van der Waals surface area contributed by atoms with E-state index in [4.69, 9.17) is 0 Å². The van der Waals surface area contributed by atoms with Crippen LogP contribution in [0.2, 0.25) is 0 Å². The van der Waals surface area contributed by atoms with Crippen LogP contribution in [-0.4, -0.2) is 86.4 Å². The number of amides is 2. The number of piperidine rings is 1. The number of benzene rings is 1. The third-order valence-corrected chi connectivity index (χ3v) is 6.72. The fourth-order valence-corrected chi connectivity index (χ4v) is 4.51. The first-order valence-corrected chi connectivity index (χ1v) is 11.5. The third-order valence-electron chi connectivity index (χ3n) is 5.42. The summed E-state index contributed by atoms with van der Waals surface area (Å²) < 4.78 is 24.5. The highest BCUT2D eigenvalue weighted by molar-refractivity contribution is 7.88. The van der Waals surface area contributed by atoms with E-state index in [0.717, 1.165) is 18.5 Å². The molecule has 1 aromatic rings. The highest BCUT2D eigenvalue weighted by atomic mass is 32.2. The molecule has 0 aromatic heterocycles. The topological polar surface area (TPSA) is 90.0 Å². The second-order valence-corrected chi connectivity index (χ2v) is 9.43. The molecule has 0 spiro atoms. The molecule has 0 unspecified atom stereocenters. The van der Waals surface area contributed by atoms with Gasteiger partial charge in [0, 0.05) is 37.8 Å². The molecule has 0 aliphatic carbocycles. The maximum Gasteiger partial charge on any atom is 0.236 e. The van der Waals surface area contributed by atoms with Crippen LogP contribution in [0.4, 0.5) is 5.69 Å². The first-order valence-electron chi connectivity index (χ1n) is 9.64. The summed E-state index contributed by atoms with van der Waals surface area (Å²) in [5.41, 5.74) is 0.804. The number of hydrogen-bond donors (Lipinski definition) is 1. The van der Waals surface area contributed by atoms with Crippen molar-refractivity contribution in [2.45, 2.75) is 12.8 Å². The van der Waals surface area contributed by atoms with Crippen molar-refractivity contribution < 1.29 is 18.0 Å². The largest absolute Gasteiger partial charge is 0.339 e. The number of sulfonamides is 1. The minimum atomic E-state index is -3.19. The van der Waals surface area contributed by atoms with Gasteiger partial charge in [0.25, 0.3) is 0 Å². The van der Waals surface area contributed by atoms with Crippen LogP contribution in [-0.2, 0) is 19.6 Å². The molecule has 1 N–H and O–H groups in total. The smallest absolute Gasteiger partial charge is 0.236 e. The van der Waals surface area contributed by atoms with Crippen molar-refractivity contribution in [1.29, 1.82) is 0 Å². The second kappa shape index (κ2) is 9.02. The van der Waals surface area contributed by atoms with Gasteiger partial charge < -0.3 is 10.2 Å². The van der Waals surface area contributed by atoms with Crippen LogP contribution in [0, 0.1) is 5.92 Å². The Morgan fingerprint density at radius 1 is 1.00 bits per heavy atom. The van der Waals surface area contributed by atoms with Crippen molar-refractivity contribution in [2.75, 3.05) is 57.4 Å². The number of carbonyl (C=O) groups excluding carboxylic acids is 2. The van der Waals surface area contributed by atoms with Gasteiger partial charge in [-0.15, -0.1) is 0 Å². The summed E-state index contributed by atoms with van der Waals surface area (Å²) in [7, 11) is -3.19. The van der Waals surface area contributed by atoms with Crippen molar-refractivity contribution in [3.63, 3.8) is 0 Å². The number of hydrogen-bond acceptors (Lipinski definition) is 5. The number of piperazine rings is 1. The van der Waals surface area contributed by atoms with E-state index in [2.05, 4.69) is 10.2 Å². The highest BCUT2D eigenvalue weighted by Crippen LogP contribution is 2.19. The van der Waals surface area contributed by atoms with Crippen LogP contribution < -0.4 is 5.32 Å². The number of rotatable bonds is 5. The Morgan fingerprint density at radius 2 is 1.61 bits per heavy atom. The normalized spacial score (nSPS) is 20.1. The lowest BCUT2D eigenvalue weighted by molar-refractivity contribution is -0.134. The van der Waals surface area contributed by atoms with E-state index in [9.17, 15) is 18.0 Å². The molecule has 2 fully saturated rings. The van der Waals surface area contributed by atoms with E-state index >= 15 is 0 Å². The summed E-state index contributed by atoms with van der Waals surface area (Å²) >= 11 is 0. The molecular formula is C19H28N4O4S. The van der Waals surface area contributed by atoms with Crippen LogP contribution >= 0.6 is 0 Å². The molecule has 2 heterocycles. The Kier molecular flexibility index (Phi) is 6.69. The molecule has 9 heteroatoms. The van der Waals surface area contributed by atoms with Gasteiger partial charge in [-0.3, -0.25) is 14.5 Å². The van der Waals surface area contributed by atoms with Gasteiger partial charge in [-0.05, 0) is 38.1 Å². The highest BCUT2D eigenvalue weighted by Gasteiger charge is 2.29. The number of carbonyl (C=O) groups is 2. The van der Waals surface area contributed by atoms with Crippen LogP contribution in [0.1, 0.15) is 12.8 Å². The molecule has 0 saturated carbocycles. The van der Waals surface area contributed by atoms with Crippen molar-refractivity contribution in [2.24, 2.45) is 5.92 Å². The van der Waals surface area contributed by atoms with Gasteiger partial charge in [-0.1, -0.05) is 18.2 Å². The first kappa shape index (κ1) is 20.8. The number of likely N-dealkylation sites (tertiary alicyclic amines) is 1. The summed E-state index contributed by atoms with van der Waals surface area (Å²) in [4.78, 5) is 28.7. The SMILES string of the molecule is CS(=O)(=O)N1CCN(C(=O)CN2CCC(C(=O)Nc3ccccc3)CC2)CC1. The van der Waals surface area contributed by atoms with Crippen LogP contribution in [0.25, 0.3) is 0 Å². The van der Waals surface area contributed by atoms with E-state index in [1.54, 1.807) is 4.90 Å². The van der Waals surface area contributed by atoms with Gasteiger partial charge in [0.2, 0.25) is 21.8 Å². The molecule has 2 amide bonds. The summed E-state index contributed by atoms with van der Waals surface area (Å²) in [5.74, 6) is 0.0271. The van der Waals surface area contributed by atoms with Gasteiger partial charge in [-0.2, -0.15) is 4.31 Å². The number of para-hydroxylation sites is 1. The van der Waals surface area contributed by atoms with Gasteiger partial charge in [0.15, 0.2) is 0 Å². The lowest BCUT2D eigenvalue weighted by Gasteiger charge is -2.36. The maximum absolute atomic E-state index is 12.5. The van der Waals surface area contributed by atoms with Crippen LogP contribution in [0.5, 0.6) is 0 Å². The maximum atomic E-state index is 12.5. The van der Waals surface area contributed by atoms with Crippen molar-refractivity contribution in [1.82, 2.24) is 14.1 Å².